The largest absolute Gasteiger partial charge is 0.301 e. The van der Waals surface area contributed by atoms with Crippen molar-refractivity contribution < 1.29 is 4.79 Å². The van der Waals surface area contributed by atoms with Crippen LogP contribution in [0.5, 0.6) is 0 Å². The van der Waals surface area contributed by atoms with Crippen molar-refractivity contribution in [2.45, 2.75) is 18.2 Å². The third-order valence-corrected chi connectivity index (χ3v) is 5.60. The predicted octanol–water partition coefficient (Wildman–Crippen LogP) is 3.15. The molecule has 0 bridgehead atoms. The summed E-state index contributed by atoms with van der Waals surface area (Å²) in [5.74, 6) is 0.571. The number of rotatable bonds is 9. The molecule has 0 aliphatic carbocycles. The molecule has 0 saturated carbocycles. The van der Waals surface area contributed by atoms with Gasteiger partial charge in [0.05, 0.1) is 17.5 Å². The number of nitrogens with zero attached hydrogens (tertiary/aromatic N) is 7. The van der Waals surface area contributed by atoms with Crippen LogP contribution in [-0.4, -0.2) is 47.6 Å². The van der Waals surface area contributed by atoms with Crippen molar-refractivity contribution in [1.82, 2.24) is 35.2 Å². The van der Waals surface area contributed by atoms with Gasteiger partial charge in [-0.1, -0.05) is 58.9 Å². The third-order valence-electron chi connectivity index (χ3n) is 4.40. The van der Waals surface area contributed by atoms with Crippen molar-refractivity contribution in [2.24, 2.45) is 5.10 Å². The normalized spacial score (nSPS) is 11.3. The monoisotopic (exact) mass is 466 g/mol. The smallest absolute Gasteiger partial charge is 0.250 e. The summed E-state index contributed by atoms with van der Waals surface area (Å²) in [4.78, 5) is 12.2. The molecular formula is C21H19ClN8OS. The summed E-state index contributed by atoms with van der Waals surface area (Å²) < 4.78 is 3.67. The highest BCUT2D eigenvalue weighted by molar-refractivity contribution is 7.99. The minimum atomic E-state index is -0.259. The van der Waals surface area contributed by atoms with E-state index in [1.165, 1.54) is 18.0 Å². The van der Waals surface area contributed by atoms with E-state index in [1.54, 1.807) is 22.9 Å². The number of allylic oxidation sites excluding steroid dienone is 1. The molecule has 162 valence electrons. The molecule has 1 N–H and O–H groups in total. The summed E-state index contributed by atoms with van der Waals surface area (Å²) >= 11 is 7.21. The van der Waals surface area contributed by atoms with Gasteiger partial charge in [-0.15, -0.1) is 21.9 Å². The standard InChI is InChI=1S/C21H19ClN8OS/c1-2-10-29-19(13-30-18-9-4-3-8-17(18)24-28-30)25-27-21(29)32-14-20(31)26-23-12-15-6-5-7-16(22)11-15/h2-9,11-12H,1,10,13-14H2,(H,26,31)/b23-12-. The van der Waals surface area contributed by atoms with Gasteiger partial charge in [-0.3, -0.25) is 4.79 Å². The lowest BCUT2D eigenvalue weighted by Gasteiger charge is -2.07. The molecule has 4 rings (SSSR count). The van der Waals surface area contributed by atoms with Crippen molar-refractivity contribution in [1.29, 1.82) is 0 Å². The molecule has 0 aliphatic heterocycles. The van der Waals surface area contributed by atoms with E-state index < -0.39 is 0 Å². The van der Waals surface area contributed by atoms with E-state index in [0.717, 1.165) is 16.6 Å². The highest BCUT2D eigenvalue weighted by Gasteiger charge is 2.15. The van der Waals surface area contributed by atoms with E-state index in [9.17, 15) is 4.79 Å². The first-order valence-corrected chi connectivity index (χ1v) is 11.0. The molecule has 1 amide bonds. The number of benzene rings is 2. The SMILES string of the molecule is C=CCn1c(Cn2nnc3ccccc32)nnc1SCC(=O)N/N=C\c1cccc(Cl)c1. The Balaban J connectivity index is 1.40. The quantitative estimate of drug-likeness (QED) is 0.176. The van der Waals surface area contributed by atoms with E-state index in [0.29, 0.717) is 29.1 Å². The van der Waals surface area contributed by atoms with Crippen LogP contribution < -0.4 is 5.43 Å². The number of hydrogen-bond donors (Lipinski definition) is 1. The summed E-state index contributed by atoms with van der Waals surface area (Å²) in [6.07, 6.45) is 3.29. The Labute approximate surface area is 193 Å². The minimum absolute atomic E-state index is 0.133. The van der Waals surface area contributed by atoms with Gasteiger partial charge in [0.25, 0.3) is 5.91 Å². The Morgan fingerprint density at radius 3 is 2.91 bits per heavy atom. The number of carbonyl (C=O) groups is 1. The molecule has 4 aromatic rings. The van der Waals surface area contributed by atoms with Gasteiger partial charge < -0.3 is 4.57 Å². The van der Waals surface area contributed by atoms with Crippen LogP contribution in [0.25, 0.3) is 11.0 Å². The van der Waals surface area contributed by atoms with Gasteiger partial charge >= 0.3 is 0 Å². The zero-order valence-electron chi connectivity index (χ0n) is 16.9. The molecule has 0 spiro atoms. The summed E-state index contributed by atoms with van der Waals surface area (Å²) in [6.45, 7) is 4.71. The molecular weight excluding hydrogens is 448 g/mol. The van der Waals surface area contributed by atoms with Crippen LogP contribution >= 0.6 is 23.4 Å². The fourth-order valence-electron chi connectivity index (χ4n) is 2.95. The number of thioether (sulfide) groups is 1. The second-order valence-electron chi connectivity index (χ2n) is 6.67. The summed E-state index contributed by atoms with van der Waals surface area (Å²) in [6, 6.07) is 14.9. The van der Waals surface area contributed by atoms with Gasteiger partial charge in [-0.2, -0.15) is 5.10 Å². The first kappa shape index (κ1) is 21.7. The van der Waals surface area contributed by atoms with Crippen molar-refractivity contribution in [3.63, 3.8) is 0 Å². The molecule has 0 radical (unpaired) electrons. The Morgan fingerprint density at radius 1 is 1.19 bits per heavy atom. The van der Waals surface area contributed by atoms with Gasteiger partial charge in [0, 0.05) is 11.6 Å². The van der Waals surface area contributed by atoms with E-state index in [1.807, 2.05) is 41.0 Å². The molecule has 11 heteroatoms. The number of amides is 1. The van der Waals surface area contributed by atoms with Crippen molar-refractivity contribution >= 4 is 46.5 Å². The van der Waals surface area contributed by atoms with Crippen LogP contribution in [0.15, 0.2) is 71.4 Å². The molecule has 2 heterocycles. The minimum Gasteiger partial charge on any atom is -0.301 e. The number of aromatic nitrogens is 6. The van der Waals surface area contributed by atoms with Gasteiger partial charge in [0.1, 0.15) is 12.1 Å². The van der Waals surface area contributed by atoms with Crippen LogP contribution in [0.2, 0.25) is 5.02 Å². The number of hydrogen-bond acceptors (Lipinski definition) is 7. The van der Waals surface area contributed by atoms with Crippen LogP contribution in [0.4, 0.5) is 0 Å². The maximum absolute atomic E-state index is 12.2. The molecule has 2 aromatic heterocycles. The van der Waals surface area contributed by atoms with E-state index in [-0.39, 0.29) is 11.7 Å². The lowest BCUT2D eigenvalue weighted by molar-refractivity contribution is -0.118. The number of fused-ring (bicyclic) bond motifs is 1. The Morgan fingerprint density at radius 2 is 2.06 bits per heavy atom. The highest BCUT2D eigenvalue weighted by atomic mass is 35.5. The molecule has 32 heavy (non-hydrogen) atoms. The Bertz CT molecular complexity index is 1280. The topological polar surface area (TPSA) is 103 Å². The van der Waals surface area contributed by atoms with Crippen molar-refractivity contribution in [3.8, 4) is 0 Å². The van der Waals surface area contributed by atoms with Crippen LogP contribution in [0.3, 0.4) is 0 Å². The molecule has 0 aliphatic rings. The lowest BCUT2D eigenvalue weighted by atomic mass is 10.2. The molecule has 9 nitrogen and oxygen atoms in total. The molecule has 2 aromatic carbocycles. The van der Waals surface area contributed by atoms with E-state index in [2.05, 4.69) is 37.6 Å². The summed E-state index contributed by atoms with van der Waals surface area (Å²) in [5, 5.41) is 22.1. The van der Waals surface area contributed by atoms with E-state index >= 15 is 0 Å². The Hall–Kier alpha value is -3.50. The molecule has 0 unspecified atom stereocenters. The first-order chi connectivity index (χ1) is 15.6. The van der Waals surface area contributed by atoms with Crippen LogP contribution in [0.1, 0.15) is 11.4 Å². The van der Waals surface area contributed by atoms with Gasteiger partial charge in [-0.25, -0.2) is 10.1 Å². The summed E-state index contributed by atoms with van der Waals surface area (Å²) in [5.41, 5.74) is 5.02. The predicted molar refractivity (Wildman–Crippen MR) is 125 cm³/mol. The lowest BCUT2D eigenvalue weighted by Crippen LogP contribution is -2.20. The van der Waals surface area contributed by atoms with Gasteiger partial charge in [0.2, 0.25) is 0 Å². The third kappa shape index (κ3) is 5.21. The maximum atomic E-state index is 12.2. The molecule has 0 saturated heterocycles. The van der Waals surface area contributed by atoms with Crippen molar-refractivity contribution in [3.05, 3.63) is 77.6 Å². The van der Waals surface area contributed by atoms with E-state index in [4.69, 9.17) is 11.6 Å². The first-order valence-electron chi connectivity index (χ1n) is 9.65. The van der Waals surface area contributed by atoms with Crippen LogP contribution in [-0.2, 0) is 17.9 Å². The fraction of sp³-hybridized carbons (Fsp3) is 0.143. The number of halogens is 1. The number of carbonyl (C=O) groups excluding carboxylic acids is 1. The van der Waals surface area contributed by atoms with Gasteiger partial charge in [0.15, 0.2) is 11.0 Å². The van der Waals surface area contributed by atoms with Gasteiger partial charge in [-0.05, 0) is 29.8 Å². The highest BCUT2D eigenvalue weighted by Crippen LogP contribution is 2.19. The fourth-order valence-corrected chi connectivity index (χ4v) is 3.91. The molecule has 0 fully saturated rings. The second kappa shape index (κ2) is 10.2. The second-order valence-corrected chi connectivity index (χ2v) is 8.05. The number of nitrogens with one attached hydrogen (secondary N) is 1. The van der Waals surface area contributed by atoms with Crippen LogP contribution in [0, 0.1) is 0 Å². The number of hydrazone groups is 1. The molecule has 0 atom stereocenters. The average Bonchev–Trinajstić information content (AvgIpc) is 3.37. The van der Waals surface area contributed by atoms with Crippen molar-refractivity contribution in [2.75, 3.05) is 5.75 Å². The maximum Gasteiger partial charge on any atom is 0.250 e. The number of para-hydroxylation sites is 1. The summed E-state index contributed by atoms with van der Waals surface area (Å²) in [7, 11) is 0. The zero-order chi connectivity index (χ0) is 22.3. The zero-order valence-corrected chi connectivity index (χ0v) is 18.5. The average molecular weight is 467 g/mol. The Kier molecular flexibility index (Phi) is 6.93.